The molecule has 3 N–H and O–H groups in total. The number of carbonyl (C=O) groups excluding carboxylic acids is 1. The second-order valence-corrected chi connectivity index (χ2v) is 4.46. The van der Waals surface area contributed by atoms with Gasteiger partial charge in [-0.2, -0.15) is 0 Å². The summed E-state index contributed by atoms with van der Waals surface area (Å²) in [5.41, 5.74) is 0.459. The van der Waals surface area contributed by atoms with Gasteiger partial charge in [-0.3, -0.25) is 9.79 Å². The molecule has 5 nitrogen and oxygen atoms in total. The predicted octanol–water partition coefficient (Wildman–Crippen LogP) is 1.88. The maximum Gasteiger partial charge on any atom is 0.252 e. The van der Waals surface area contributed by atoms with Crippen molar-refractivity contribution in [1.82, 2.24) is 16.0 Å². The predicted molar refractivity (Wildman–Crippen MR) is 102 cm³/mol. The summed E-state index contributed by atoms with van der Waals surface area (Å²) >= 11 is 5.95. The smallest absolute Gasteiger partial charge is 0.252 e. The van der Waals surface area contributed by atoms with Crippen LogP contribution in [-0.4, -0.2) is 38.0 Å². The topological polar surface area (TPSA) is 65.5 Å². The molecular formula is C15H20ClIN4O. The van der Waals surface area contributed by atoms with Crippen LogP contribution in [0.4, 0.5) is 0 Å². The first-order valence-electron chi connectivity index (χ1n) is 6.67. The van der Waals surface area contributed by atoms with Crippen LogP contribution in [-0.2, 0) is 0 Å². The highest BCUT2D eigenvalue weighted by Crippen LogP contribution is 2.14. The van der Waals surface area contributed by atoms with Gasteiger partial charge in [0, 0.05) is 13.1 Å². The van der Waals surface area contributed by atoms with E-state index in [1.54, 1.807) is 24.3 Å². The monoisotopic (exact) mass is 434 g/mol. The van der Waals surface area contributed by atoms with Gasteiger partial charge in [0.15, 0.2) is 5.96 Å². The highest BCUT2D eigenvalue weighted by molar-refractivity contribution is 14.0. The van der Waals surface area contributed by atoms with Crippen LogP contribution in [0.15, 0.2) is 29.3 Å². The van der Waals surface area contributed by atoms with Gasteiger partial charge in [0.1, 0.15) is 0 Å². The van der Waals surface area contributed by atoms with Crippen LogP contribution >= 0.6 is 35.6 Å². The first-order chi connectivity index (χ1) is 10.2. The number of nitrogens with zero attached hydrogens (tertiary/aromatic N) is 1. The van der Waals surface area contributed by atoms with Crippen molar-refractivity contribution < 1.29 is 4.79 Å². The number of terminal acetylenes is 1. The Bertz CT molecular complexity index is 543. The summed E-state index contributed by atoms with van der Waals surface area (Å²) in [5, 5.41) is 9.22. The van der Waals surface area contributed by atoms with Crippen LogP contribution in [0.25, 0.3) is 0 Å². The molecule has 1 aromatic carbocycles. The largest absolute Gasteiger partial charge is 0.357 e. The van der Waals surface area contributed by atoms with Gasteiger partial charge in [0.2, 0.25) is 0 Å². The minimum absolute atomic E-state index is 0. The Labute approximate surface area is 153 Å². The molecule has 0 unspecified atom stereocenters. The molecule has 0 spiro atoms. The Morgan fingerprint density at radius 1 is 1.32 bits per heavy atom. The molecule has 0 atom stereocenters. The fraction of sp³-hybridized carbons (Fsp3) is 0.333. The highest BCUT2D eigenvalue weighted by Gasteiger charge is 2.08. The van der Waals surface area contributed by atoms with Crippen LogP contribution in [0.2, 0.25) is 5.02 Å². The molecule has 1 rings (SSSR count). The average Bonchev–Trinajstić information content (AvgIpc) is 2.49. The van der Waals surface area contributed by atoms with Crippen molar-refractivity contribution in [3.05, 3.63) is 34.9 Å². The van der Waals surface area contributed by atoms with E-state index in [4.69, 9.17) is 18.0 Å². The number of benzene rings is 1. The van der Waals surface area contributed by atoms with E-state index in [1.807, 2.05) is 6.92 Å². The molecule has 7 heteroatoms. The van der Waals surface area contributed by atoms with Crippen molar-refractivity contribution in [2.45, 2.75) is 6.92 Å². The first-order valence-corrected chi connectivity index (χ1v) is 7.05. The molecule has 1 aromatic rings. The minimum atomic E-state index is -0.211. The molecule has 0 aliphatic rings. The fourth-order valence-electron chi connectivity index (χ4n) is 1.55. The minimum Gasteiger partial charge on any atom is -0.357 e. The number of halogens is 2. The number of rotatable bonds is 6. The van der Waals surface area contributed by atoms with E-state index in [-0.39, 0.29) is 29.9 Å². The molecule has 0 aromatic heterocycles. The molecule has 0 heterocycles. The molecular weight excluding hydrogens is 415 g/mol. The van der Waals surface area contributed by atoms with Crippen LogP contribution in [0.1, 0.15) is 17.3 Å². The number of hydrogen-bond acceptors (Lipinski definition) is 2. The summed E-state index contributed by atoms with van der Waals surface area (Å²) in [6.45, 7) is 3.96. The van der Waals surface area contributed by atoms with Crippen LogP contribution in [0, 0.1) is 12.3 Å². The Kier molecular flexibility index (Phi) is 11.3. The maximum atomic E-state index is 11.9. The molecule has 0 saturated heterocycles. The van der Waals surface area contributed by atoms with E-state index in [9.17, 15) is 4.79 Å². The SMILES string of the molecule is C#CCNC(=NCCNC(=O)c1ccccc1Cl)NCC.I. The average molecular weight is 435 g/mol. The molecule has 0 radical (unpaired) electrons. The third-order valence-electron chi connectivity index (χ3n) is 2.49. The fourth-order valence-corrected chi connectivity index (χ4v) is 1.78. The molecule has 22 heavy (non-hydrogen) atoms. The second kappa shape index (κ2) is 12.1. The number of aliphatic imine (C=N–C) groups is 1. The third-order valence-corrected chi connectivity index (χ3v) is 2.82. The summed E-state index contributed by atoms with van der Waals surface area (Å²) in [7, 11) is 0. The molecule has 0 aliphatic carbocycles. The lowest BCUT2D eigenvalue weighted by atomic mass is 10.2. The molecule has 0 fully saturated rings. The zero-order chi connectivity index (χ0) is 15.5. The van der Waals surface area contributed by atoms with Gasteiger partial charge in [-0.15, -0.1) is 30.4 Å². The summed E-state index contributed by atoms with van der Waals surface area (Å²) in [6.07, 6.45) is 5.18. The van der Waals surface area contributed by atoms with Gasteiger partial charge >= 0.3 is 0 Å². The van der Waals surface area contributed by atoms with Gasteiger partial charge < -0.3 is 16.0 Å². The maximum absolute atomic E-state index is 11.9. The van der Waals surface area contributed by atoms with Gasteiger partial charge in [0.25, 0.3) is 5.91 Å². The van der Waals surface area contributed by atoms with E-state index in [1.165, 1.54) is 0 Å². The lowest BCUT2D eigenvalue weighted by Gasteiger charge is -2.09. The summed E-state index contributed by atoms with van der Waals surface area (Å²) in [4.78, 5) is 16.2. The Hall–Kier alpha value is -1.46. The normalized spacial score (nSPS) is 10.1. The van der Waals surface area contributed by atoms with Crippen molar-refractivity contribution in [2.24, 2.45) is 4.99 Å². The third kappa shape index (κ3) is 7.52. The Morgan fingerprint density at radius 3 is 2.68 bits per heavy atom. The standard InChI is InChI=1S/C15H19ClN4O.HI/c1-3-9-19-15(17-4-2)20-11-10-18-14(21)12-7-5-6-8-13(12)16;/h1,5-8H,4,9-11H2,2H3,(H,18,21)(H2,17,19,20);1H. The van der Waals surface area contributed by atoms with E-state index < -0.39 is 0 Å². The number of guanidine groups is 1. The van der Waals surface area contributed by atoms with Crippen molar-refractivity contribution >= 4 is 47.4 Å². The Morgan fingerprint density at radius 2 is 2.05 bits per heavy atom. The van der Waals surface area contributed by atoms with Crippen LogP contribution in [0.3, 0.4) is 0 Å². The summed E-state index contributed by atoms with van der Waals surface area (Å²) < 4.78 is 0. The van der Waals surface area contributed by atoms with Gasteiger partial charge in [-0.1, -0.05) is 29.7 Å². The number of nitrogens with one attached hydrogen (secondary N) is 3. The molecule has 0 saturated carbocycles. The molecule has 0 bridgehead atoms. The molecule has 0 aliphatic heterocycles. The van der Waals surface area contributed by atoms with Gasteiger partial charge in [-0.25, -0.2) is 0 Å². The molecule has 1 amide bonds. The zero-order valence-corrected chi connectivity index (χ0v) is 15.4. The van der Waals surface area contributed by atoms with E-state index >= 15 is 0 Å². The van der Waals surface area contributed by atoms with Crippen molar-refractivity contribution in [1.29, 1.82) is 0 Å². The Balaban J connectivity index is 0.00000441. The second-order valence-electron chi connectivity index (χ2n) is 4.05. The number of hydrogen-bond donors (Lipinski definition) is 3. The first kappa shape index (κ1) is 20.5. The van der Waals surface area contributed by atoms with Crippen LogP contribution in [0.5, 0.6) is 0 Å². The van der Waals surface area contributed by atoms with E-state index in [0.717, 1.165) is 6.54 Å². The van der Waals surface area contributed by atoms with Crippen molar-refractivity contribution in [3.63, 3.8) is 0 Å². The lowest BCUT2D eigenvalue weighted by Crippen LogP contribution is -2.38. The number of carbonyl (C=O) groups is 1. The zero-order valence-electron chi connectivity index (χ0n) is 12.4. The van der Waals surface area contributed by atoms with Crippen molar-refractivity contribution in [2.75, 3.05) is 26.2 Å². The summed E-state index contributed by atoms with van der Waals surface area (Å²) in [6, 6.07) is 6.91. The highest BCUT2D eigenvalue weighted by atomic mass is 127. The van der Waals surface area contributed by atoms with Crippen molar-refractivity contribution in [3.8, 4) is 12.3 Å². The molecule has 120 valence electrons. The van der Waals surface area contributed by atoms with Gasteiger partial charge in [-0.05, 0) is 19.1 Å². The van der Waals surface area contributed by atoms with E-state index in [0.29, 0.717) is 36.2 Å². The van der Waals surface area contributed by atoms with E-state index in [2.05, 4.69) is 26.9 Å². The lowest BCUT2D eigenvalue weighted by molar-refractivity contribution is 0.0955. The van der Waals surface area contributed by atoms with Crippen LogP contribution < -0.4 is 16.0 Å². The quantitative estimate of drug-likeness (QED) is 0.211. The van der Waals surface area contributed by atoms with Gasteiger partial charge in [0.05, 0.1) is 23.7 Å². The number of amides is 1. The summed E-state index contributed by atoms with van der Waals surface area (Å²) in [5.74, 6) is 2.89.